The largest absolute Gasteiger partial charge is 0.290 e. The average Bonchev–Trinajstić information content (AvgIpc) is 2.50. The maximum absolute atomic E-state index is 11.3. The summed E-state index contributed by atoms with van der Waals surface area (Å²) in [6.45, 7) is 0. The molecule has 82 valence electrons. The summed E-state index contributed by atoms with van der Waals surface area (Å²) in [5, 5.41) is 2.75. The highest BCUT2D eigenvalue weighted by Crippen LogP contribution is 2.29. The molecule has 0 aromatic heterocycles. The van der Waals surface area contributed by atoms with Crippen LogP contribution in [-0.4, -0.2) is 11.1 Å². The Morgan fingerprint density at radius 2 is 2.00 bits per heavy atom. The van der Waals surface area contributed by atoms with Crippen molar-refractivity contribution in [1.29, 1.82) is 0 Å². The molecule has 2 amide bonds. The number of amides is 2. The van der Waals surface area contributed by atoms with Gasteiger partial charge in [-0.3, -0.25) is 14.9 Å². The molecule has 0 aliphatic carbocycles. The molecular weight excluding hydrogens is 269 g/mol. The van der Waals surface area contributed by atoms with Gasteiger partial charge in [0.05, 0.1) is 4.91 Å². The molecular formula is C10H5Cl2NO2S. The van der Waals surface area contributed by atoms with E-state index in [9.17, 15) is 9.59 Å². The Balaban J connectivity index is 2.36. The molecule has 16 heavy (non-hydrogen) atoms. The standard InChI is InChI=1S/C10H5Cl2NO2S/c11-6-2-1-5(7(12)4-6)3-8-9(14)13-10(15)16-8/h1-4H,(H,13,14,15)/b8-3+. The molecule has 1 aliphatic heterocycles. The second kappa shape index (κ2) is 4.49. The Morgan fingerprint density at radius 1 is 1.25 bits per heavy atom. The van der Waals surface area contributed by atoms with Gasteiger partial charge in [0, 0.05) is 10.0 Å². The summed E-state index contributed by atoms with van der Waals surface area (Å²) in [5.41, 5.74) is 0.651. The fourth-order valence-electron chi connectivity index (χ4n) is 1.18. The second-order valence-corrected chi connectivity index (χ2v) is 4.88. The van der Waals surface area contributed by atoms with Crippen LogP contribution >= 0.6 is 35.0 Å². The highest BCUT2D eigenvalue weighted by molar-refractivity contribution is 8.18. The number of hydrogen-bond donors (Lipinski definition) is 1. The minimum atomic E-state index is -0.402. The van der Waals surface area contributed by atoms with Crippen LogP contribution in [0.4, 0.5) is 4.79 Å². The minimum Gasteiger partial charge on any atom is -0.282 e. The van der Waals surface area contributed by atoms with Gasteiger partial charge in [0.15, 0.2) is 0 Å². The molecule has 0 unspecified atom stereocenters. The van der Waals surface area contributed by atoms with Gasteiger partial charge in [-0.2, -0.15) is 0 Å². The van der Waals surface area contributed by atoms with Crippen LogP contribution < -0.4 is 5.32 Å². The van der Waals surface area contributed by atoms with E-state index in [0.717, 1.165) is 11.8 Å². The lowest BCUT2D eigenvalue weighted by Gasteiger charge is -1.99. The highest BCUT2D eigenvalue weighted by atomic mass is 35.5. The Morgan fingerprint density at radius 3 is 2.56 bits per heavy atom. The molecule has 1 saturated heterocycles. The van der Waals surface area contributed by atoms with Gasteiger partial charge in [0.2, 0.25) is 0 Å². The quantitative estimate of drug-likeness (QED) is 0.799. The van der Waals surface area contributed by atoms with E-state index in [0.29, 0.717) is 20.5 Å². The summed E-state index contributed by atoms with van der Waals surface area (Å²) in [4.78, 5) is 22.5. The van der Waals surface area contributed by atoms with Crippen molar-refractivity contribution in [1.82, 2.24) is 5.32 Å². The number of nitrogens with one attached hydrogen (secondary N) is 1. The van der Waals surface area contributed by atoms with E-state index >= 15 is 0 Å². The summed E-state index contributed by atoms with van der Waals surface area (Å²) in [6.07, 6.45) is 1.56. The summed E-state index contributed by atoms with van der Waals surface area (Å²) < 4.78 is 0. The van der Waals surface area contributed by atoms with Crippen molar-refractivity contribution in [3.05, 3.63) is 38.7 Å². The van der Waals surface area contributed by atoms with Crippen molar-refractivity contribution in [2.45, 2.75) is 0 Å². The molecule has 1 aliphatic rings. The zero-order valence-corrected chi connectivity index (χ0v) is 10.1. The van der Waals surface area contributed by atoms with Gasteiger partial charge in [0.25, 0.3) is 11.1 Å². The highest BCUT2D eigenvalue weighted by Gasteiger charge is 2.25. The SMILES string of the molecule is O=C1NC(=O)/C(=C\c2ccc(Cl)cc2Cl)S1. The van der Waals surface area contributed by atoms with Gasteiger partial charge in [0.1, 0.15) is 0 Å². The van der Waals surface area contributed by atoms with Crippen LogP contribution in [0.1, 0.15) is 5.56 Å². The number of thioether (sulfide) groups is 1. The smallest absolute Gasteiger partial charge is 0.282 e. The molecule has 0 spiro atoms. The number of imide groups is 1. The van der Waals surface area contributed by atoms with Crippen molar-refractivity contribution >= 4 is 52.2 Å². The molecule has 6 heteroatoms. The first-order chi connectivity index (χ1) is 7.56. The maximum Gasteiger partial charge on any atom is 0.290 e. The molecule has 1 N–H and O–H groups in total. The van der Waals surface area contributed by atoms with E-state index in [1.54, 1.807) is 24.3 Å². The Kier molecular flexibility index (Phi) is 3.23. The van der Waals surface area contributed by atoms with E-state index in [1.165, 1.54) is 0 Å². The summed E-state index contributed by atoms with van der Waals surface area (Å²) in [7, 11) is 0. The van der Waals surface area contributed by atoms with Crippen molar-refractivity contribution in [3.8, 4) is 0 Å². The Bertz CT molecular complexity index is 514. The maximum atomic E-state index is 11.3. The fraction of sp³-hybridized carbons (Fsp3) is 0. The topological polar surface area (TPSA) is 46.2 Å². The zero-order valence-electron chi connectivity index (χ0n) is 7.79. The van der Waals surface area contributed by atoms with Crippen LogP contribution in [0.15, 0.2) is 23.1 Å². The third-order valence-corrected chi connectivity index (χ3v) is 3.26. The van der Waals surface area contributed by atoms with Gasteiger partial charge in [-0.15, -0.1) is 0 Å². The lowest BCUT2D eigenvalue weighted by Crippen LogP contribution is -2.17. The molecule has 1 aromatic rings. The van der Waals surface area contributed by atoms with Crippen LogP contribution in [-0.2, 0) is 4.79 Å². The van der Waals surface area contributed by atoms with Crippen molar-refractivity contribution < 1.29 is 9.59 Å². The number of carbonyl (C=O) groups excluding carboxylic acids is 2. The summed E-state index contributed by atoms with van der Waals surface area (Å²) in [5.74, 6) is -0.402. The minimum absolute atomic E-state index is 0.328. The normalized spacial score (nSPS) is 18.0. The van der Waals surface area contributed by atoms with Crippen molar-refractivity contribution in [2.24, 2.45) is 0 Å². The monoisotopic (exact) mass is 273 g/mol. The average molecular weight is 274 g/mol. The fourth-order valence-corrected chi connectivity index (χ4v) is 2.32. The summed E-state index contributed by atoms with van der Waals surface area (Å²) in [6, 6.07) is 4.93. The predicted molar refractivity (Wildman–Crippen MR) is 65.6 cm³/mol. The molecule has 3 nitrogen and oxygen atoms in total. The van der Waals surface area contributed by atoms with Crippen LogP contribution in [0.25, 0.3) is 6.08 Å². The Hall–Kier alpha value is -0.970. The van der Waals surface area contributed by atoms with E-state index in [-0.39, 0.29) is 5.24 Å². The molecule has 1 heterocycles. The molecule has 1 fully saturated rings. The molecule has 0 bridgehead atoms. The van der Waals surface area contributed by atoms with Gasteiger partial charge >= 0.3 is 0 Å². The van der Waals surface area contributed by atoms with Crippen molar-refractivity contribution in [2.75, 3.05) is 0 Å². The van der Waals surface area contributed by atoms with Gasteiger partial charge in [-0.05, 0) is 35.5 Å². The van der Waals surface area contributed by atoms with E-state index in [4.69, 9.17) is 23.2 Å². The third-order valence-electron chi connectivity index (χ3n) is 1.89. The zero-order chi connectivity index (χ0) is 11.7. The third kappa shape index (κ3) is 2.40. The summed E-state index contributed by atoms with van der Waals surface area (Å²) >= 11 is 12.5. The number of carbonyl (C=O) groups is 2. The Labute approximate surface area is 106 Å². The van der Waals surface area contributed by atoms with Crippen LogP contribution in [0.3, 0.4) is 0 Å². The van der Waals surface area contributed by atoms with E-state index in [1.807, 2.05) is 0 Å². The number of hydrogen-bond acceptors (Lipinski definition) is 3. The van der Waals surface area contributed by atoms with Gasteiger partial charge in [-0.1, -0.05) is 29.3 Å². The number of halogens is 2. The van der Waals surface area contributed by atoms with E-state index in [2.05, 4.69) is 5.32 Å². The first kappa shape index (κ1) is 11.5. The first-order valence-electron chi connectivity index (χ1n) is 4.26. The van der Waals surface area contributed by atoms with Gasteiger partial charge < -0.3 is 0 Å². The van der Waals surface area contributed by atoms with Crippen LogP contribution in [0, 0.1) is 0 Å². The molecule has 1 aromatic carbocycles. The van der Waals surface area contributed by atoms with Crippen LogP contribution in [0.5, 0.6) is 0 Å². The molecule has 2 rings (SSSR count). The first-order valence-corrected chi connectivity index (χ1v) is 5.83. The lowest BCUT2D eigenvalue weighted by molar-refractivity contribution is -0.115. The van der Waals surface area contributed by atoms with Crippen molar-refractivity contribution in [3.63, 3.8) is 0 Å². The second-order valence-electron chi connectivity index (χ2n) is 3.02. The molecule has 0 atom stereocenters. The van der Waals surface area contributed by atoms with E-state index < -0.39 is 5.91 Å². The van der Waals surface area contributed by atoms with Gasteiger partial charge in [-0.25, -0.2) is 0 Å². The van der Waals surface area contributed by atoms with Crippen LogP contribution in [0.2, 0.25) is 10.0 Å². The molecule has 0 saturated carbocycles. The number of rotatable bonds is 1. The molecule has 0 radical (unpaired) electrons. The lowest BCUT2D eigenvalue weighted by atomic mass is 10.2. The predicted octanol–water partition coefficient (Wildman–Crippen LogP) is 3.32. The number of benzene rings is 1.